The number of anilines is 2. The first-order chi connectivity index (χ1) is 19.6. The molecule has 204 valence electrons. The number of aliphatic hydroxyl groups is 1. The topological polar surface area (TPSA) is 121 Å². The van der Waals surface area contributed by atoms with Crippen LogP contribution in [0.4, 0.5) is 16.3 Å². The van der Waals surface area contributed by atoms with E-state index in [1.54, 1.807) is 6.33 Å². The SMILES string of the molecule is O=C(NCc1cc(Nc2ccc3cccc(O[C@H]4CC[C@@H](O)CC4)c3n2)cc2[nH]cnc12)OCc1ccccc1. The lowest BCUT2D eigenvalue weighted by Crippen LogP contribution is -2.26. The number of rotatable bonds is 8. The summed E-state index contributed by atoms with van der Waals surface area (Å²) in [6.45, 7) is 0.456. The van der Waals surface area contributed by atoms with Crippen LogP contribution in [-0.4, -0.2) is 38.4 Å². The van der Waals surface area contributed by atoms with Crippen molar-refractivity contribution in [3.05, 3.63) is 90.3 Å². The highest BCUT2D eigenvalue weighted by atomic mass is 16.5. The molecule has 0 spiro atoms. The van der Waals surface area contributed by atoms with Gasteiger partial charge in [-0.1, -0.05) is 42.5 Å². The molecule has 2 aromatic heterocycles. The molecular weight excluding hydrogens is 506 g/mol. The Labute approximate surface area is 231 Å². The summed E-state index contributed by atoms with van der Waals surface area (Å²) in [5.74, 6) is 1.41. The van der Waals surface area contributed by atoms with Gasteiger partial charge in [0.15, 0.2) is 0 Å². The van der Waals surface area contributed by atoms with Crippen molar-refractivity contribution < 1.29 is 19.4 Å². The van der Waals surface area contributed by atoms with Crippen LogP contribution in [0.25, 0.3) is 21.9 Å². The number of H-pyrrole nitrogens is 1. The molecule has 9 nitrogen and oxygen atoms in total. The van der Waals surface area contributed by atoms with E-state index in [1.165, 1.54) is 0 Å². The molecule has 1 aliphatic rings. The zero-order valence-electron chi connectivity index (χ0n) is 22.0. The first-order valence-electron chi connectivity index (χ1n) is 13.5. The zero-order valence-corrected chi connectivity index (χ0v) is 22.0. The minimum Gasteiger partial charge on any atom is -0.488 e. The second kappa shape index (κ2) is 11.6. The van der Waals surface area contributed by atoms with Crippen molar-refractivity contribution in [3.63, 3.8) is 0 Å². The van der Waals surface area contributed by atoms with Gasteiger partial charge in [-0.3, -0.25) is 0 Å². The molecule has 0 atom stereocenters. The Hall–Kier alpha value is -4.63. The molecule has 5 aromatic rings. The van der Waals surface area contributed by atoms with E-state index in [9.17, 15) is 9.90 Å². The van der Waals surface area contributed by atoms with E-state index in [-0.39, 0.29) is 25.4 Å². The Morgan fingerprint density at radius 2 is 1.82 bits per heavy atom. The fraction of sp³-hybridized carbons (Fsp3) is 0.258. The maximum Gasteiger partial charge on any atom is 0.407 e. The summed E-state index contributed by atoms with van der Waals surface area (Å²) >= 11 is 0. The molecule has 9 heteroatoms. The van der Waals surface area contributed by atoms with Crippen LogP contribution in [0.1, 0.15) is 36.8 Å². The number of ether oxygens (including phenoxy) is 2. The molecule has 1 saturated carbocycles. The third kappa shape index (κ3) is 6.00. The van der Waals surface area contributed by atoms with Crippen LogP contribution < -0.4 is 15.4 Å². The van der Waals surface area contributed by atoms with Crippen molar-refractivity contribution in [2.24, 2.45) is 0 Å². The summed E-state index contributed by atoms with van der Waals surface area (Å²) in [7, 11) is 0. The molecule has 4 N–H and O–H groups in total. The van der Waals surface area contributed by atoms with Crippen molar-refractivity contribution in [2.45, 2.75) is 51.0 Å². The lowest BCUT2D eigenvalue weighted by molar-refractivity contribution is 0.0672. The summed E-state index contributed by atoms with van der Waals surface area (Å²) in [5.41, 5.74) is 4.95. The molecule has 1 aliphatic carbocycles. The highest BCUT2D eigenvalue weighted by molar-refractivity contribution is 5.87. The van der Waals surface area contributed by atoms with Crippen LogP contribution in [0, 0.1) is 0 Å². The number of nitrogens with one attached hydrogen (secondary N) is 3. The average molecular weight is 538 g/mol. The Balaban J connectivity index is 1.17. The lowest BCUT2D eigenvalue weighted by atomic mass is 9.95. The summed E-state index contributed by atoms with van der Waals surface area (Å²) in [5, 5.41) is 17.0. The van der Waals surface area contributed by atoms with Gasteiger partial charge >= 0.3 is 6.09 Å². The number of aromatic nitrogens is 3. The van der Waals surface area contributed by atoms with Gasteiger partial charge in [0.05, 0.1) is 29.6 Å². The fourth-order valence-corrected chi connectivity index (χ4v) is 5.05. The quantitative estimate of drug-likeness (QED) is 0.193. The van der Waals surface area contributed by atoms with E-state index < -0.39 is 6.09 Å². The van der Waals surface area contributed by atoms with E-state index in [0.29, 0.717) is 5.82 Å². The number of imidazole rings is 1. The number of aliphatic hydroxyl groups excluding tert-OH is 1. The van der Waals surface area contributed by atoms with E-state index in [0.717, 1.165) is 70.2 Å². The van der Waals surface area contributed by atoms with Gasteiger partial charge in [0.25, 0.3) is 0 Å². The van der Waals surface area contributed by atoms with Crippen LogP contribution in [-0.2, 0) is 17.9 Å². The van der Waals surface area contributed by atoms with Gasteiger partial charge in [-0.25, -0.2) is 14.8 Å². The number of hydrogen-bond donors (Lipinski definition) is 4. The smallest absolute Gasteiger partial charge is 0.407 e. The minimum atomic E-state index is -0.498. The number of fused-ring (bicyclic) bond motifs is 2. The summed E-state index contributed by atoms with van der Waals surface area (Å²) in [6.07, 6.45) is 4.15. The third-order valence-electron chi connectivity index (χ3n) is 7.13. The van der Waals surface area contributed by atoms with Crippen LogP contribution in [0.3, 0.4) is 0 Å². The molecule has 0 unspecified atom stereocenters. The van der Waals surface area contributed by atoms with E-state index in [1.807, 2.05) is 72.8 Å². The highest BCUT2D eigenvalue weighted by Gasteiger charge is 2.21. The van der Waals surface area contributed by atoms with Crippen LogP contribution >= 0.6 is 0 Å². The Kier molecular flexibility index (Phi) is 7.45. The number of amides is 1. The molecule has 1 fully saturated rings. The van der Waals surface area contributed by atoms with Crippen molar-refractivity contribution >= 4 is 39.5 Å². The molecular formula is C31H31N5O4. The normalized spacial score (nSPS) is 17.0. The Morgan fingerprint density at radius 3 is 2.67 bits per heavy atom. The predicted molar refractivity (Wildman–Crippen MR) is 153 cm³/mol. The summed E-state index contributed by atoms with van der Waals surface area (Å²) < 4.78 is 11.7. The number of pyridine rings is 1. The maximum absolute atomic E-state index is 12.3. The van der Waals surface area contributed by atoms with Crippen LogP contribution in [0.15, 0.2) is 79.1 Å². The maximum atomic E-state index is 12.3. The number of benzene rings is 3. The van der Waals surface area contributed by atoms with E-state index >= 15 is 0 Å². The number of carbonyl (C=O) groups is 1. The lowest BCUT2D eigenvalue weighted by Gasteiger charge is -2.26. The molecule has 40 heavy (non-hydrogen) atoms. The molecule has 0 bridgehead atoms. The number of aromatic amines is 1. The fourth-order valence-electron chi connectivity index (χ4n) is 5.05. The first-order valence-corrected chi connectivity index (χ1v) is 13.5. The van der Waals surface area contributed by atoms with Gasteiger partial charge in [-0.05, 0) is 61.6 Å². The number of nitrogens with zero attached hydrogens (tertiary/aromatic N) is 2. The molecule has 1 amide bonds. The number of carbonyl (C=O) groups excluding carboxylic acids is 1. The van der Waals surface area contributed by atoms with Gasteiger partial charge in [-0.2, -0.15) is 0 Å². The monoisotopic (exact) mass is 537 g/mol. The molecule has 3 aromatic carbocycles. The third-order valence-corrected chi connectivity index (χ3v) is 7.13. The largest absolute Gasteiger partial charge is 0.488 e. The van der Waals surface area contributed by atoms with Gasteiger partial charge in [0.2, 0.25) is 0 Å². The molecule has 6 rings (SSSR count). The van der Waals surface area contributed by atoms with Crippen molar-refractivity contribution in [1.82, 2.24) is 20.3 Å². The number of para-hydroxylation sites is 1. The van der Waals surface area contributed by atoms with Gasteiger partial charge in [0, 0.05) is 23.2 Å². The zero-order chi connectivity index (χ0) is 27.3. The first kappa shape index (κ1) is 25.6. The molecule has 0 radical (unpaired) electrons. The molecule has 0 aliphatic heterocycles. The Morgan fingerprint density at radius 1 is 0.975 bits per heavy atom. The number of hydrogen-bond acceptors (Lipinski definition) is 7. The van der Waals surface area contributed by atoms with Crippen molar-refractivity contribution in [3.8, 4) is 5.75 Å². The van der Waals surface area contributed by atoms with Gasteiger partial charge < -0.3 is 30.2 Å². The molecule has 2 heterocycles. The predicted octanol–water partition coefficient (Wildman–Crippen LogP) is 5.96. The van der Waals surface area contributed by atoms with Gasteiger partial charge in [0.1, 0.15) is 23.7 Å². The standard InChI is InChI=1S/C31H31N5O4/c37-24-10-12-25(13-11-24)40-27-8-4-7-21-9-14-28(36-30(21)27)35-23-15-22(29-26(16-23)33-19-34-29)17-32-31(38)39-18-20-5-2-1-3-6-20/h1-9,14-16,19,24-25,37H,10-13,17-18H2,(H,32,38)(H,33,34)(H,35,36)/t24-,25+. The minimum absolute atomic E-state index is 0.0737. The molecule has 0 saturated heterocycles. The second-order valence-electron chi connectivity index (χ2n) is 10.0. The second-order valence-corrected chi connectivity index (χ2v) is 10.0. The van der Waals surface area contributed by atoms with Crippen LogP contribution in [0.5, 0.6) is 5.75 Å². The summed E-state index contributed by atoms with van der Waals surface area (Å²) in [6, 6.07) is 23.3. The number of alkyl carbamates (subject to hydrolysis) is 1. The highest BCUT2D eigenvalue weighted by Crippen LogP contribution is 2.31. The van der Waals surface area contributed by atoms with Gasteiger partial charge in [-0.15, -0.1) is 0 Å². The van der Waals surface area contributed by atoms with Crippen LogP contribution in [0.2, 0.25) is 0 Å². The van der Waals surface area contributed by atoms with Crippen molar-refractivity contribution in [2.75, 3.05) is 5.32 Å². The Bertz CT molecular complexity index is 1610. The average Bonchev–Trinajstić information content (AvgIpc) is 3.46. The van der Waals surface area contributed by atoms with E-state index in [2.05, 4.69) is 20.6 Å². The van der Waals surface area contributed by atoms with E-state index in [4.69, 9.17) is 14.5 Å². The summed E-state index contributed by atoms with van der Waals surface area (Å²) in [4.78, 5) is 24.8. The van der Waals surface area contributed by atoms with Crippen molar-refractivity contribution in [1.29, 1.82) is 0 Å².